The van der Waals surface area contributed by atoms with Crippen LogP contribution in [0.5, 0.6) is 0 Å². The van der Waals surface area contributed by atoms with Crippen LogP contribution in [0.2, 0.25) is 0 Å². The van der Waals surface area contributed by atoms with Crippen molar-refractivity contribution in [1.29, 1.82) is 0 Å². The number of fused-ring (bicyclic) bond motifs is 2. The van der Waals surface area contributed by atoms with Crippen molar-refractivity contribution in [3.8, 4) is 10.6 Å². The van der Waals surface area contributed by atoms with Crippen LogP contribution >= 0.6 is 22.7 Å². The Balaban J connectivity index is 1.36. The standard InChI is InChI=1S/C32H29F3N4O3S2/c1-4-20-11-13-24(43-20)22-15-26(32(33,34)35)39-27(36-22)16-23(38-39)29(40)37-30-28(31(41)42-17(2)3)21-12-10-19(14-25(21)44-30)18-8-6-5-7-9-18/h5-9,11,13,15-17,19H,4,10,12,14H2,1-3H3,(H,37,40)/t19-/m0/s1. The van der Waals surface area contributed by atoms with E-state index in [1.54, 1.807) is 19.9 Å². The molecule has 1 aromatic carbocycles. The second-order valence-corrected chi connectivity index (χ2v) is 13.2. The number of nitrogens with one attached hydrogen (secondary N) is 1. The van der Waals surface area contributed by atoms with Crippen molar-refractivity contribution in [2.45, 2.75) is 64.7 Å². The third kappa shape index (κ3) is 5.88. The first-order chi connectivity index (χ1) is 21.0. The molecule has 0 fully saturated rings. The third-order valence-electron chi connectivity index (χ3n) is 7.52. The second kappa shape index (κ2) is 11.8. The molecule has 0 saturated carbocycles. The molecular weight excluding hydrogens is 610 g/mol. The van der Waals surface area contributed by atoms with Gasteiger partial charge in [0.1, 0.15) is 5.00 Å². The zero-order valence-electron chi connectivity index (χ0n) is 24.2. The van der Waals surface area contributed by atoms with Gasteiger partial charge in [0.05, 0.1) is 22.2 Å². The Morgan fingerprint density at radius 1 is 1.11 bits per heavy atom. The molecule has 0 unspecified atom stereocenters. The molecule has 1 aliphatic rings. The predicted molar refractivity (Wildman–Crippen MR) is 165 cm³/mol. The van der Waals surface area contributed by atoms with Crippen LogP contribution in [-0.2, 0) is 30.2 Å². The normalized spacial score (nSPS) is 15.0. The van der Waals surface area contributed by atoms with Gasteiger partial charge in [-0.2, -0.15) is 18.3 Å². The largest absolute Gasteiger partial charge is 0.459 e. The van der Waals surface area contributed by atoms with Crippen LogP contribution in [0.15, 0.2) is 54.6 Å². The summed E-state index contributed by atoms with van der Waals surface area (Å²) in [4.78, 5) is 33.7. The molecule has 4 aromatic heterocycles. The highest BCUT2D eigenvalue weighted by Crippen LogP contribution is 2.43. The van der Waals surface area contributed by atoms with Gasteiger partial charge in [0.15, 0.2) is 17.0 Å². The van der Waals surface area contributed by atoms with E-state index in [1.807, 2.05) is 31.2 Å². The number of carbonyl (C=O) groups is 2. The summed E-state index contributed by atoms with van der Waals surface area (Å²) in [6.07, 6.45) is -2.22. The Kier molecular flexibility index (Phi) is 8.06. The van der Waals surface area contributed by atoms with Crippen molar-refractivity contribution in [2.24, 2.45) is 0 Å². The van der Waals surface area contributed by atoms with Crippen molar-refractivity contribution in [1.82, 2.24) is 14.6 Å². The van der Waals surface area contributed by atoms with E-state index in [9.17, 15) is 22.8 Å². The maximum absolute atomic E-state index is 14.1. The van der Waals surface area contributed by atoms with Crippen LogP contribution in [0.3, 0.4) is 0 Å². The molecule has 6 rings (SSSR count). The summed E-state index contributed by atoms with van der Waals surface area (Å²) in [5.74, 6) is -1.03. The number of rotatable bonds is 7. The monoisotopic (exact) mass is 638 g/mol. The average molecular weight is 639 g/mol. The van der Waals surface area contributed by atoms with Crippen LogP contribution in [-0.4, -0.2) is 32.6 Å². The summed E-state index contributed by atoms with van der Waals surface area (Å²) in [5, 5.41) is 7.06. The molecule has 228 valence electrons. The van der Waals surface area contributed by atoms with Crippen LogP contribution in [0.1, 0.15) is 80.5 Å². The molecule has 44 heavy (non-hydrogen) atoms. The van der Waals surface area contributed by atoms with E-state index >= 15 is 0 Å². The van der Waals surface area contributed by atoms with E-state index in [0.717, 1.165) is 34.2 Å². The number of alkyl halides is 3. The zero-order valence-corrected chi connectivity index (χ0v) is 25.8. The van der Waals surface area contributed by atoms with Gasteiger partial charge in [-0.1, -0.05) is 37.3 Å². The van der Waals surface area contributed by atoms with Crippen molar-refractivity contribution < 1.29 is 27.5 Å². The van der Waals surface area contributed by atoms with Gasteiger partial charge in [-0.25, -0.2) is 14.3 Å². The molecule has 0 bridgehead atoms. The number of aryl methyl sites for hydroxylation is 1. The number of amides is 1. The summed E-state index contributed by atoms with van der Waals surface area (Å²) in [6, 6.07) is 15.9. The van der Waals surface area contributed by atoms with Gasteiger partial charge < -0.3 is 10.1 Å². The first-order valence-corrected chi connectivity index (χ1v) is 15.9. The van der Waals surface area contributed by atoms with E-state index in [0.29, 0.717) is 32.8 Å². The lowest BCUT2D eigenvalue weighted by Gasteiger charge is -2.23. The fourth-order valence-corrected chi connectivity index (χ4v) is 7.68. The minimum absolute atomic E-state index is 0.109. The molecule has 5 aromatic rings. The number of anilines is 1. The van der Waals surface area contributed by atoms with Gasteiger partial charge in [0.25, 0.3) is 5.91 Å². The Bertz CT molecular complexity index is 1860. The second-order valence-electron chi connectivity index (χ2n) is 10.9. The number of esters is 1. The van der Waals surface area contributed by atoms with E-state index in [-0.39, 0.29) is 29.1 Å². The fourth-order valence-electron chi connectivity index (χ4n) is 5.46. The van der Waals surface area contributed by atoms with Gasteiger partial charge in [0.2, 0.25) is 0 Å². The average Bonchev–Trinajstić information content (AvgIpc) is 3.72. The molecule has 12 heteroatoms. The van der Waals surface area contributed by atoms with Crippen molar-refractivity contribution >= 4 is 45.2 Å². The first-order valence-electron chi connectivity index (χ1n) is 14.3. The van der Waals surface area contributed by atoms with E-state index in [4.69, 9.17) is 4.74 Å². The molecule has 1 amide bonds. The van der Waals surface area contributed by atoms with E-state index < -0.39 is 23.7 Å². The quantitative estimate of drug-likeness (QED) is 0.182. The minimum atomic E-state index is -4.74. The molecule has 7 nitrogen and oxygen atoms in total. The number of benzene rings is 1. The summed E-state index contributed by atoms with van der Waals surface area (Å²) in [6.45, 7) is 5.46. The van der Waals surface area contributed by atoms with Crippen molar-refractivity contribution in [3.05, 3.63) is 92.4 Å². The lowest BCUT2D eigenvalue weighted by atomic mass is 9.83. The summed E-state index contributed by atoms with van der Waals surface area (Å²) < 4.78 is 48.6. The number of hydrogen-bond donors (Lipinski definition) is 1. The highest BCUT2D eigenvalue weighted by atomic mass is 32.1. The molecular formula is C32H29F3N4O3S2. The Morgan fingerprint density at radius 2 is 1.89 bits per heavy atom. The molecule has 4 heterocycles. The number of halogens is 3. The number of ether oxygens (including phenoxy) is 1. The van der Waals surface area contributed by atoms with E-state index in [1.165, 1.54) is 34.3 Å². The summed E-state index contributed by atoms with van der Waals surface area (Å²) >= 11 is 2.66. The fraction of sp³-hybridized carbons (Fsp3) is 0.312. The Hall–Kier alpha value is -4.03. The predicted octanol–water partition coefficient (Wildman–Crippen LogP) is 8.19. The molecule has 0 saturated heterocycles. The number of thiophene rings is 2. The van der Waals surface area contributed by atoms with Crippen molar-refractivity contribution in [3.63, 3.8) is 0 Å². The first kappa shape index (κ1) is 30.0. The molecule has 1 atom stereocenters. The van der Waals surface area contributed by atoms with Gasteiger partial charge >= 0.3 is 12.1 Å². The third-order valence-corrected chi connectivity index (χ3v) is 9.94. The molecule has 0 radical (unpaired) electrons. The highest BCUT2D eigenvalue weighted by molar-refractivity contribution is 7.17. The maximum atomic E-state index is 14.1. The topological polar surface area (TPSA) is 85.6 Å². The maximum Gasteiger partial charge on any atom is 0.433 e. The zero-order chi connectivity index (χ0) is 31.2. The number of nitrogens with zero attached hydrogens (tertiary/aromatic N) is 3. The minimum Gasteiger partial charge on any atom is -0.459 e. The van der Waals surface area contributed by atoms with Gasteiger partial charge in [-0.05, 0) is 74.8 Å². The summed E-state index contributed by atoms with van der Waals surface area (Å²) in [5.41, 5.74) is 1.09. The molecule has 1 N–H and O–H groups in total. The SMILES string of the molecule is CCc1ccc(-c2cc(C(F)(F)F)n3nc(C(=O)Nc4sc5c(c4C(=O)OC(C)C)CC[C@H](c4ccccc4)C5)cc3n2)s1. The summed E-state index contributed by atoms with van der Waals surface area (Å²) in [7, 11) is 0. The smallest absolute Gasteiger partial charge is 0.433 e. The van der Waals surface area contributed by atoms with Crippen LogP contribution < -0.4 is 5.32 Å². The molecule has 1 aliphatic carbocycles. The van der Waals surface area contributed by atoms with Gasteiger partial charge in [-0.15, -0.1) is 22.7 Å². The van der Waals surface area contributed by atoms with Crippen LogP contribution in [0.4, 0.5) is 18.2 Å². The molecule has 0 spiro atoms. The number of hydrogen-bond acceptors (Lipinski definition) is 7. The van der Waals surface area contributed by atoms with Gasteiger partial charge in [-0.3, -0.25) is 4.79 Å². The van der Waals surface area contributed by atoms with Crippen LogP contribution in [0.25, 0.3) is 16.2 Å². The van der Waals surface area contributed by atoms with Gasteiger partial charge in [0, 0.05) is 15.8 Å². The van der Waals surface area contributed by atoms with Crippen molar-refractivity contribution in [2.75, 3.05) is 5.32 Å². The molecule has 0 aliphatic heterocycles. The lowest BCUT2D eigenvalue weighted by Crippen LogP contribution is -2.19. The van der Waals surface area contributed by atoms with Crippen LogP contribution in [0, 0.1) is 0 Å². The number of aromatic nitrogens is 3. The Labute approximate surface area is 259 Å². The number of carbonyl (C=O) groups excluding carboxylic acids is 2. The highest BCUT2D eigenvalue weighted by Gasteiger charge is 2.36. The van der Waals surface area contributed by atoms with E-state index in [2.05, 4.69) is 27.5 Å². The Morgan fingerprint density at radius 3 is 2.57 bits per heavy atom. The lowest BCUT2D eigenvalue weighted by molar-refractivity contribution is -0.142.